The molecule has 0 atom stereocenters. The predicted molar refractivity (Wildman–Crippen MR) is 94.3 cm³/mol. The molecule has 2 aliphatic rings. The summed E-state index contributed by atoms with van der Waals surface area (Å²) in [6, 6.07) is 7.72. The van der Waals surface area contributed by atoms with Gasteiger partial charge in [-0.25, -0.2) is 0 Å². The van der Waals surface area contributed by atoms with E-state index >= 15 is 0 Å². The lowest BCUT2D eigenvalue weighted by molar-refractivity contribution is -0.132. The molecule has 2 N–H and O–H groups in total. The molecule has 1 aromatic carbocycles. The SMILES string of the molecule is NC(=O)c1ccc(CN(C(=O)CCC2CCCCC2)C2CC2)cc1. The Hall–Kier alpha value is -1.84. The highest BCUT2D eigenvalue weighted by atomic mass is 16.2. The molecule has 0 unspecified atom stereocenters. The molecule has 0 radical (unpaired) electrons. The number of carbonyl (C=O) groups is 2. The molecule has 1 aromatic rings. The Morgan fingerprint density at radius 3 is 2.25 bits per heavy atom. The number of benzene rings is 1. The first-order chi connectivity index (χ1) is 11.6. The maximum Gasteiger partial charge on any atom is 0.248 e. The summed E-state index contributed by atoms with van der Waals surface area (Å²) in [6.07, 6.45) is 10.6. The molecule has 0 spiro atoms. The topological polar surface area (TPSA) is 63.4 Å². The summed E-state index contributed by atoms with van der Waals surface area (Å²) in [5, 5.41) is 0. The van der Waals surface area contributed by atoms with Crippen LogP contribution in [0, 0.1) is 5.92 Å². The Morgan fingerprint density at radius 1 is 1.00 bits per heavy atom. The monoisotopic (exact) mass is 328 g/mol. The third kappa shape index (κ3) is 4.59. The molecule has 0 heterocycles. The molecule has 130 valence electrons. The normalized spacial score (nSPS) is 18.3. The van der Waals surface area contributed by atoms with E-state index in [1.807, 2.05) is 17.0 Å². The molecule has 2 amide bonds. The predicted octanol–water partition coefficient (Wildman–Crippen LogP) is 3.64. The summed E-state index contributed by atoms with van der Waals surface area (Å²) >= 11 is 0. The Morgan fingerprint density at radius 2 is 1.67 bits per heavy atom. The van der Waals surface area contributed by atoms with E-state index in [4.69, 9.17) is 5.73 Å². The summed E-state index contributed by atoms with van der Waals surface area (Å²) < 4.78 is 0. The van der Waals surface area contributed by atoms with Gasteiger partial charge in [-0.05, 0) is 42.9 Å². The first-order valence-corrected chi connectivity index (χ1v) is 9.31. The minimum Gasteiger partial charge on any atom is -0.366 e. The van der Waals surface area contributed by atoms with Gasteiger partial charge < -0.3 is 10.6 Å². The summed E-state index contributed by atoms with van der Waals surface area (Å²) in [6.45, 7) is 0.646. The van der Waals surface area contributed by atoms with Gasteiger partial charge in [0.25, 0.3) is 0 Å². The van der Waals surface area contributed by atoms with E-state index in [-0.39, 0.29) is 0 Å². The molecule has 0 aliphatic heterocycles. The van der Waals surface area contributed by atoms with Crippen molar-refractivity contribution in [2.24, 2.45) is 11.7 Å². The minimum absolute atomic E-state index is 0.294. The largest absolute Gasteiger partial charge is 0.366 e. The van der Waals surface area contributed by atoms with Crippen molar-refractivity contribution >= 4 is 11.8 Å². The van der Waals surface area contributed by atoms with Crippen molar-refractivity contribution in [1.29, 1.82) is 0 Å². The number of carbonyl (C=O) groups excluding carboxylic acids is 2. The van der Waals surface area contributed by atoms with Gasteiger partial charge in [-0.1, -0.05) is 44.2 Å². The van der Waals surface area contributed by atoms with Crippen molar-refractivity contribution in [1.82, 2.24) is 4.90 Å². The summed E-state index contributed by atoms with van der Waals surface area (Å²) in [7, 11) is 0. The average molecular weight is 328 g/mol. The number of amides is 2. The molecule has 24 heavy (non-hydrogen) atoms. The van der Waals surface area contributed by atoms with Crippen LogP contribution in [-0.4, -0.2) is 22.8 Å². The summed E-state index contributed by atoms with van der Waals surface area (Å²) in [5.41, 5.74) is 6.86. The van der Waals surface area contributed by atoms with E-state index in [0.717, 1.165) is 30.7 Å². The molecule has 2 saturated carbocycles. The zero-order valence-corrected chi connectivity index (χ0v) is 14.4. The standard InChI is InChI=1S/C20H28N2O2/c21-20(24)17-9-6-16(7-10-17)14-22(18-11-12-18)19(23)13-8-15-4-2-1-3-5-15/h6-7,9-10,15,18H,1-5,8,11-14H2,(H2,21,24). The van der Waals surface area contributed by atoms with E-state index in [1.165, 1.54) is 32.1 Å². The number of nitrogens with two attached hydrogens (primary N) is 1. The summed E-state index contributed by atoms with van der Waals surface area (Å²) in [4.78, 5) is 25.9. The van der Waals surface area contributed by atoms with Crippen LogP contribution in [0.1, 0.15) is 73.7 Å². The molecular weight excluding hydrogens is 300 g/mol. The maximum atomic E-state index is 12.7. The highest BCUT2D eigenvalue weighted by Crippen LogP contribution is 2.31. The van der Waals surface area contributed by atoms with Crippen LogP contribution < -0.4 is 5.73 Å². The van der Waals surface area contributed by atoms with Crippen molar-refractivity contribution in [2.75, 3.05) is 0 Å². The third-order valence-corrected chi connectivity index (χ3v) is 5.39. The molecule has 2 fully saturated rings. The van der Waals surface area contributed by atoms with Gasteiger partial charge in [-0.15, -0.1) is 0 Å². The molecule has 0 aromatic heterocycles. The average Bonchev–Trinajstić information content (AvgIpc) is 3.44. The van der Waals surface area contributed by atoms with Gasteiger partial charge in [0.2, 0.25) is 11.8 Å². The first-order valence-electron chi connectivity index (χ1n) is 9.31. The van der Waals surface area contributed by atoms with Crippen molar-refractivity contribution < 1.29 is 9.59 Å². The fourth-order valence-electron chi connectivity index (χ4n) is 3.73. The van der Waals surface area contributed by atoms with Crippen LogP contribution in [-0.2, 0) is 11.3 Å². The second-order valence-corrected chi connectivity index (χ2v) is 7.36. The highest BCUT2D eigenvalue weighted by molar-refractivity contribution is 5.92. The number of hydrogen-bond donors (Lipinski definition) is 1. The van der Waals surface area contributed by atoms with E-state index < -0.39 is 5.91 Å². The maximum absolute atomic E-state index is 12.7. The van der Waals surface area contributed by atoms with Crippen LogP contribution in [0.15, 0.2) is 24.3 Å². The zero-order chi connectivity index (χ0) is 16.9. The molecule has 0 bridgehead atoms. The smallest absolute Gasteiger partial charge is 0.248 e. The molecule has 4 nitrogen and oxygen atoms in total. The van der Waals surface area contributed by atoms with Gasteiger partial charge in [0, 0.05) is 24.6 Å². The number of nitrogens with zero attached hydrogens (tertiary/aromatic N) is 1. The third-order valence-electron chi connectivity index (χ3n) is 5.39. The number of hydrogen-bond acceptors (Lipinski definition) is 2. The van der Waals surface area contributed by atoms with Gasteiger partial charge in [0.05, 0.1) is 0 Å². The second-order valence-electron chi connectivity index (χ2n) is 7.36. The minimum atomic E-state index is -0.413. The Labute approximate surface area is 144 Å². The van der Waals surface area contributed by atoms with Crippen LogP contribution in [0.4, 0.5) is 0 Å². The Kier molecular flexibility index (Phi) is 5.54. The lowest BCUT2D eigenvalue weighted by atomic mass is 9.86. The molecule has 3 rings (SSSR count). The second kappa shape index (κ2) is 7.82. The van der Waals surface area contributed by atoms with Crippen molar-refractivity contribution in [3.63, 3.8) is 0 Å². The van der Waals surface area contributed by atoms with Crippen LogP contribution in [0.25, 0.3) is 0 Å². The van der Waals surface area contributed by atoms with Crippen molar-refractivity contribution in [2.45, 2.75) is 70.4 Å². The lowest BCUT2D eigenvalue weighted by Gasteiger charge is -2.25. The first kappa shape index (κ1) is 17.0. The summed E-state index contributed by atoms with van der Waals surface area (Å²) in [5.74, 6) is 0.629. The molecular formula is C20H28N2O2. The number of primary amides is 1. The van der Waals surface area contributed by atoms with Crippen LogP contribution >= 0.6 is 0 Å². The highest BCUT2D eigenvalue weighted by Gasteiger charge is 2.32. The lowest BCUT2D eigenvalue weighted by Crippen LogP contribution is -2.32. The van der Waals surface area contributed by atoms with Gasteiger partial charge >= 0.3 is 0 Å². The molecule has 2 aliphatic carbocycles. The van der Waals surface area contributed by atoms with Gasteiger partial charge in [0.15, 0.2) is 0 Å². The fraction of sp³-hybridized carbons (Fsp3) is 0.600. The van der Waals surface area contributed by atoms with Gasteiger partial charge in [-0.3, -0.25) is 9.59 Å². The van der Waals surface area contributed by atoms with E-state index in [0.29, 0.717) is 30.5 Å². The molecule has 4 heteroatoms. The van der Waals surface area contributed by atoms with E-state index in [1.54, 1.807) is 12.1 Å². The van der Waals surface area contributed by atoms with E-state index in [9.17, 15) is 9.59 Å². The Balaban J connectivity index is 1.55. The van der Waals surface area contributed by atoms with Crippen molar-refractivity contribution in [3.05, 3.63) is 35.4 Å². The quantitative estimate of drug-likeness (QED) is 0.830. The van der Waals surface area contributed by atoms with Crippen LogP contribution in [0.2, 0.25) is 0 Å². The molecule has 0 saturated heterocycles. The van der Waals surface area contributed by atoms with Gasteiger partial charge in [0.1, 0.15) is 0 Å². The van der Waals surface area contributed by atoms with Crippen LogP contribution in [0.5, 0.6) is 0 Å². The van der Waals surface area contributed by atoms with E-state index in [2.05, 4.69) is 0 Å². The Bertz CT molecular complexity index is 572. The van der Waals surface area contributed by atoms with Crippen LogP contribution in [0.3, 0.4) is 0 Å². The zero-order valence-electron chi connectivity index (χ0n) is 14.4. The van der Waals surface area contributed by atoms with Crippen molar-refractivity contribution in [3.8, 4) is 0 Å². The fourth-order valence-corrected chi connectivity index (χ4v) is 3.73. The van der Waals surface area contributed by atoms with Gasteiger partial charge in [-0.2, -0.15) is 0 Å². The number of rotatable bonds is 7.